The van der Waals surface area contributed by atoms with Crippen molar-refractivity contribution in [1.29, 1.82) is 0 Å². The molecule has 0 atom stereocenters. The van der Waals surface area contributed by atoms with Gasteiger partial charge in [-0.25, -0.2) is 10.9 Å². The van der Waals surface area contributed by atoms with Crippen molar-refractivity contribution >= 4 is 27.3 Å². The van der Waals surface area contributed by atoms with E-state index in [1.54, 1.807) is 0 Å². The monoisotopic (exact) mass is 236 g/mol. The summed E-state index contributed by atoms with van der Waals surface area (Å²) in [5, 5.41) is 1.91. The van der Waals surface area contributed by atoms with Gasteiger partial charge < -0.3 is 0 Å². The molecule has 0 spiro atoms. The van der Waals surface area contributed by atoms with Gasteiger partial charge in [-0.1, -0.05) is 0 Å². The van der Waals surface area contributed by atoms with E-state index in [4.69, 9.17) is 10.7 Å². The van der Waals surface area contributed by atoms with Gasteiger partial charge in [0.05, 0.1) is 5.69 Å². The second-order valence-electron chi connectivity index (χ2n) is 2.61. The molecule has 3 nitrogen and oxygen atoms in total. The van der Waals surface area contributed by atoms with Gasteiger partial charge in [0.25, 0.3) is 0 Å². The van der Waals surface area contributed by atoms with Crippen LogP contribution in [0.2, 0.25) is 0 Å². The Bertz CT molecular complexity index is 248. The van der Waals surface area contributed by atoms with Crippen molar-refractivity contribution in [3.8, 4) is 0 Å². The standard InChI is InChI=1S/C6H9BrN2OS/c1-6(2,10-8)4-3-11-5(7)9-4/h3H,8H2,1-2H3. The summed E-state index contributed by atoms with van der Waals surface area (Å²) < 4.78 is 0.845. The van der Waals surface area contributed by atoms with Crippen molar-refractivity contribution in [3.63, 3.8) is 0 Å². The molecule has 0 fully saturated rings. The lowest BCUT2D eigenvalue weighted by molar-refractivity contribution is -0.0264. The van der Waals surface area contributed by atoms with Crippen molar-refractivity contribution < 1.29 is 4.84 Å². The quantitative estimate of drug-likeness (QED) is 0.800. The minimum atomic E-state index is -0.498. The van der Waals surface area contributed by atoms with Crippen molar-refractivity contribution in [2.24, 2.45) is 5.90 Å². The molecule has 0 amide bonds. The maximum Gasteiger partial charge on any atom is 0.159 e. The van der Waals surface area contributed by atoms with Gasteiger partial charge in [-0.3, -0.25) is 4.84 Å². The lowest BCUT2D eigenvalue weighted by Gasteiger charge is -2.18. The van der Waals surface area contributed by atoms with Gasteiger partial charge in [0, 0.05) is 5.38 Å². The van der Waals surface area contributed by atoms with Crippen LogP contribution in [0.25, 0.3) is 0 Å². The molecule has 0 aliphatic carbocycles. The summed E-state index contributed by atoms with van der Waals surface area (Å²) in [6.07, 6.45) is 0. The third-order valence-electron chi connectivity index (χ3n) is 1.39. The largest absolute Gasteiger partial charge is 0.292 e. The summed E-state index contributed by atoms with van der Waals surface area (Å²) in [5.41, 5.74) is 0.347. The molecule has 1 aromatic rings. The van der Waals surface area contributed by atoms with Crippen LogP contribution in [0.3, 0.4) is 0 Å². The van der Waals surface area contributed by atoms with Gasteiger partial charge in [-0.2, -0.15) is 0 Å². The van der Waals surface area contributed by atoms with Gasteiger partial charge >= 0.3 is 0 Å². The number of hydrogen-bond donors (Lipinski definition) is 1. The molecule has 1 heterocycles. The van der Waals surface area contributed by atoms with Gasteiger partial charge in [0.1, 0.15) is 5.60 Å². The summed E-state index contributed by atoms with van der Waals surface area (Å²) in [5.74, 6) is 5.10. The Morgan fingerprint density at radius 3 is 2.73 bits per heavy atom. The molecule has 0 aliphatic rings. The van der Waals surface area contributed by atoms with Crippen LogP contribution in [-0.2, 0) is 10.4 Å². The lowest BCUT2D eigenvalue weighted by atomic mass is 10.1. The number of thiazole rings is 1. The third kappa shape index (κ3) is 1.99. The highest BCUT2D eigenvalue weighted by Gasteiger charge is 2.23. The first-order chi connectivity index (χ1) is 5.06. The van der Waals surface area contributed by atoms with Crippen LogP contribution in [-0.4, -0.2) is 4.98 Å². The van der Waals surface area contributed by atoms with E-state index >= 15 is 0 Å². The molecular weight excluding hydrogens is 228 g/mol. The molecule has 11 heavy (non-hydrogen) atoms. The third-order valence-corrected chi connectivity index (χ3v) is 2.75. The van der Waals surface area contributed by atoms with E-state index < -0.39 is 5.60 Å². The van der Waals surface area contributed by atoms with Crippen molar-refractivity contribution in [2.75, 3.05) is 0 Å². The molecule has 62 valence electrons. The summed E-state index contributed by atoms with van der Waals surface area (Å²) >= 11 is 4.78. The average Bonchev–Trinajstić information content (AvgIpc) is 2.36. The van der Waals surface area contributed by atoms with Crippen LogP contribution in [0.4, 0.5) is 0 Å². The summed E-state index contributed by atoms with van der Waals surface area (Å²) in [6.45, 7) is 3.74. The minimum absolute atomic E-state index is 0.498. The fourth-order valence-electron chi connectivity index (χ4n) is 0.589. The maximum absolute atomic E-state index is 5.10. The Hall–Kier alpha value is 0.0300. The Morgan fingerprint density at radius 1 is 1.73 bits per heavy atom. The number of hydrogen-bond acceptors (Lipinski definition) is 4. The zero-order chi connectivity index (χ0) is 8.48. The van der Waals surface area contributed by atoms with E-state index in [0.29, 0.717) is 0 Å². The zero-order valence-electron chi connectivity index (χ0n) is 6.30. The maximum atomic E-state index is 5.10. The van der Waals surface area contributed by atoms with Crippen LogP contribution in [0.15, 0.2) is 9.30 Å². The molecule has 0 saturated carbocycles. The van der Waals surface area contributed by atoms with Crippen LogP contribution in [0.1, 0.15) is 19.5 Å². The molecule has 2 N–H and O–H groups in total. The number of nitrogens with two attached hydrogens (primary N) is 1. The molecule has 1 rings (SSSR count). The van der Waals surface area contributed by atoms with Crippen molar-refractivity contribution in [1.82, 2.24) is 4.98 Å². The summed E-state index contributed by atoms with van der Waals surface area (Å²) in [4.78, 5) is 8.94. The van der Waals surface area contributed by atoms with Crippen LogP contribution in [0, 0.1) is 0 Å². The highest BCUT2D eigenvalue weighted by Crippen LogP contribution is 2.26. The Kier molecular flexibility index (Phi) is 2.64. The fourth-order valence-corrected chi connectivity index (χ4v) is 1.76. The molecule has 0 bridgehead atoms. The van der Waals surface area contributed by atoms with E-state index in [1.165, 1.54) is 11.3 Å². The molecule has 0 aromatic carbocycles. The van der Waals surface area contributed by atoms with Crippen molar-refractivity contribution in [3.05, 3.63) is 15.0 Å². The lowest BCUT2D eigenvalue weighted by Crippen LogP contribution is -2.25. The number of aromatic nitrogens is 1. The summed E-state index contributed by atoms with van der Waals surface area (Å²) in [7, 11) is 0. The molecule has 5 heteroatoms. The zero-order valence-corrected chi connectivity index (χ0v) is 8.70. The van der Waals surface area contributed by atoms with Crippen molar-refractivity contribution in [2.45, 2.75) is 19.4 Å². The number of halogens is 1. The predicted molar refractivity (Wildman–Crippen MR) is 48.1 cm³/mol. The van der Waals surface area contributed by atoms with E-state index in [-0.39, 0.29) is 0 Å². The van der Waals surface area contributed by atoms with Crippen LogP contribution in [0.5, 0.6) is 0 Å². The van der Waals surface area contributed by atoms with E-state index in [2.05, 4.69) is 20.9 Å². The smallest absolute Gasteiger partial charge is 0.159 e. The number of nitrogens with zero attached hydrogens (tertiary/aromatic N) is 1. The number of rotatable bonds is 2. The van der Waals surface area contributed by atoms with Gasteiger partial charge in [0.15, 0.2) is 3.92 Å². The summed E-state index contributed by atoms with van der Waals surface area (Å²) in [6, 6.07) is 0. The first-order valence-corrected chi connectivity index (χ1v) is 4.73. The van der Waals surface area contributed by atoms with Crippen LogP contribution >= 0.6 is 27.3 Å². The second kappa shape index (κ2) is 3.18. The molecule has 0 radical (unpaired) electrons. The second-order valence-corrected chi connectivity index (χ2v) is 4.75. The normalized spacial score (nSPS) is 12.0. The average molecular weight is 237 g/mol. The van der Waals surface area contributed by atoms with E-state index in [1.807, 2.05) is 19.2 Å². The van der Waals surface area contributed by atoms with Gasteiger partial charge in [0.2, 0.25) is 0 Å². The highest BCUT2D eigenvalue weighted by molar-refractivity contribution is 9.11. The molecule has 0 aliphatic heterocycles. The van der Waals surface area contributed by atoms with Gasteiger partial charge in [-0.15, -0.1) is 11.3 Å². The minimum Gasteiger partial charge on any atom is -0.292 e. The van der Waals surface area contributed by atoms with E-state index in [9.17, 15) is 0 Å². The molecule has 1 aromatic heterocycles. The molecule has 0 saturated heterocycles. The van der Waals surface area contributed by atoms with Crippen LogP contribution < -0.4 is 5.90 Å². The Morgan fingerprint density at radius 2 is 2.36 bits per heavy atom. The molecular formula is C6H9BrN2OS. The first-order valence-electron chi connectivity index (χ1n) is 3.05. The predicted octanol–water partition coefficient (Wildman–Crippen LogP) is 2.03. The first kappa shape index (κ1) is 9.12. The Labute approximate surface area is 77.7 Å². The molecule has 0 unspecified atom stereocenters. The topological polar surface area (TPSA) is 48.1 Å². The highest BCUT2D eigenvalue weighted by atomic mass is 79.9. The van der Waals surface area contributed by atoms with E-state index in [0.717, 1.165) is 9.61 Å². The van der Waals surface area contributed by atoms with Gasteiger partial charge in [-0.05, 0) is 29.8 Å². The Balaban J connectivity index is 2.92. The fraction of sp³-hybridized carbons (Fsp3) is 0.500. The SMILES string of the molecule is CC(C)(ON)c1csc(Br)n1.